The molecule has 3 heterocycles. The Bertz CT molecular complexity index is 556. The van der Waals surface area contributed by atoms with Crippen LogP contribution in [0, 0.1) is 0 Å². The molecule has 1 fully saturated rings. The molecule has 5 heteroatoms. The van der Waals surface area contributed by atoms with Gasteiger partial charge in [-0.05, 0) is 25.5 Å². The molecule has 0 bridgehead atoms. The molecule has 1 aliphatic heterocycles. The normalized spacial score (nSPS) is 19.8. The first kappa shape index (κ1) is 12.4. The van der Waals surface area contributed by atoms with Gasteiger partial charge in [-0.2, -0.15) is 0 Å². The molecule has 102 valence electrons. The zero-order valence-electron chi connectivity index (χ0n) is 11.6. The van der Waals surface area contributed by atoms with Gasteiger partial charge in [-0.25, -0.2) is 9.97 Å². The standard InChI is InChI=1S/C14H21N5/c1-18(9-11-5-3-4-7-15-11)14-13-12(6-8-16-14)19(2)10-17-13/h6,8,10-11,15H,3-5,7,9H2,1-2H3. The number of nitrogens with zero attached hydrogens (tertiary/aromatic N) is 4. The van der Waals surface area contributed by atoms with Crippen LogP contribution in [0.15, 0.2) is 18.6 Å². The highest BCUT2D eigenvalue weighted by molar-refractivity contribution is 5.86. The lowest BCUT2D eigenvalue weighted by Gasteiger charge is -2.28. The first-order valence-electron chi connectivity index (χ1n) is 6.96. The van der Waals surface area contributed by atoms with Gasteiger partial charge in [-0.1, -0.05) is 6.42 Å². The highest BCUT2D eigenvalue weighted by Gasteiger charge is 2.17. The van der Waals surface area contributed by atoms with E-state index in [1.165, 1.54) is 19.3 Å². The molecule has 1 saturated heterocycles. The average molecular weight is 259 g/mol. The van der Waals surface area contributed by atoms with Gasteiger partial charge in [0.15, 0.2) is 5.82 Å². The Hall–Kier alpha value is -1.62. The summed E-state index contributed by atoms with van der Waals surface area (Å²) < 4.78 is 2.03. The van der Waals surface area contributed by atoms with Gasteiger partial charge in [0.2, 0.25) is 0 Å². The Morgan fingerprint density at radius 1 is 1.42 bits per heavy atom. The van der Waals surface area contributed by atoms with E-state index in [1.807, 2.05) is 30.2 Å². The van der Waals surface area contributed by atoms with E-state index < -0.39 is 0 Å². The van der Waals surface area contributed by atoms with E-state index in [2.05, 4.69) is 27.2 Å². The molecule has 0 spiro atoms. The Kier molecular flexibility index (Phi) is 3.38. The minimum absolute atomic E-state index is 0.569. The van der Waals surface area contributed by atoms with Crippen molar-refractivity contribution in [2.75, 3.05) is 25.0 Å². The van der Waals surface area contributed by atoms with Crippen LogP contribution in [0.25, 0.3) is 11.0 Å². The van der Waals surface area contributed by atoms with Crippen molar-refractivity contribution in [2.24, 2.45) is 7.05 Å². The number of anilines is 1. The summed E-state index contributed by atoms with van der Waals surface area (Å²) in [6.45, 7) is 2.13. The van der Waals surface area contributed by atoms with E-state index in [0.717, 1.165) is 29.9 Å². The minimum Gasteiger partial charge on any atom is -0.356 e. The van der Waals surface area contributed by atoms with E-state index in [-0.39, 0.29) is 0 Å². The topological polar surface area (TPSA) is 46.0 Å². The van der Waals surface area contributed by atoms with E-state index >= 15 is 0 Å². The van der Waals surface area contributed by atoms with Crippen LogP contribution in [0.3, 0.4) is 0 Å². The first-order valence-corrected chi connectivity index (χ1v) is 6.96. The molecule has 3 rings (SSSR count). The molecular weight excluding hydrogens is 238 g/mol. The molecule has 0 radical (unpaired) electrons. The average Bonchev–Trinajstić information content (AvgIpc) is 2.82. The van der Waals surface area contributed by atoms with Crippen LogP contribution >= 0.6 is 0 Å². The fourth-order valence-electron chi connectivity index (χ4n) is 2.82. The third-order valence-corrected chi connectivity index (χ3v) is 3.89. The van der Waals surface area contributed by atoms with Gasteiger partial charge in [-0.15, -0.1) is 0 Å². The van der Waals surface area contributed by atoms with Gasteiger partial charge in [0.05, 0.1) is 11.8 Å². The Morgan fingerprint density at radius 3 is 3.11 bits per heavy atom. The van der Waals surface area contributed by atoms with Gasteiger partial charge < -0.3 is 14.8 Å². The molecule has 1 atom stereocenters. The van der Waals surface area contributed by atoms with Crippen LogP contribution in [0.5, 0.6) is 0 Å². The summed E-state index contributed by atoms with van der Waals surface area (Å²) in [5, 5.41) is 3.58. The van der Waals surface area contributed by atoms with E-state index in [0.29, 0.717) is 6.04 Å². The summed E-state index contributed by atoms with van der Waals surface area (Å²) in [6, 6.07) is 2.58. The SMILES string of the molecule is CN(CC1CCCCN1)c1nccc2c1ncn2C. The first-order chi connectivity index (χ1) is 9.25. The molecule has 1 aliphatic rings. The molecule has 0 aliphatic carbocycles. The van der Waals surface area contributed by atoms with Crippen LogP contribution in [-0.4, -0.2) is 40.7 Å². The Labute approximate surface area is 113 Å². The van der Waals surface area contributed by atoms with Crippen molar-refractivity contribution in [1.29, 1.82) is 0 Å². The predicted molar refractivity (Wildman–Crippen MR) is 77.4 cm³/mol. The van der Waals surface area contributed by atoms with Crippen LogP contribution in [0.4, 0.5) is 5.82 Å². The third kappa shape index (κ3) is 2.42. The van der Waals surface area contributed by atoms with Crippen molar-refractivity contribution in [2.45, 2.75) is 25.3 Å². The molecule has 2 aromatic heterocycles. The fraction of sp³-hybridized carbons (Fsp3) is 0.571. The lowest BCUT2D eigenvalue weighted by Crippen LogP contribution is -2.42. The number of imidazole rings is 1. The number of piperidine rings is 1. The number of rotatable bonds is 3. The van der Waals surface area contributed by atoms with Crippen LogP contribution < -0.4 is 10.2 Å². The zero-order valence-corrected chi connectivity index (χ0v) is 11.6. The van der Waals surface area contributed by atoms with Crippen molar-refractivity contribution in [3.05, 3.63) is 18.6 Å². The summed E-state index contributed by atoms with van der Waals surface area (Å²) in [4.78, 5) is 11.2. The lowest BCUT2D eigenvalue weighted by molar-refractivity contribution is 0.403. The quantitative estimate of drug-likeness (QED) is 0.908. The fourth-order valence-corrected chi connectivity index (χ4v) is 2.82. The van der Waals surface area contributed by atoms with Crippen molar-refractivity contribution in [1.82, 2.24) is 19.9 Å². The monoisotopic (exact) mass is 259 g/mol. The van der Waals surface area contributed by atoms with E-state index in [1.54, 1.807) is 0 Å². The number of fused-ring (bicyclic) bond motifs is 1. The van der Waals surface area contributed by atoms with Crippen molar-refractivity contribution < 1.29 is 0 Å². The van der Waals surface area contributed by atoms with Crippen molar-refractivity contribution in [3.8, 4) is 0 Å². The maximum Gasteiger partial charge on any atom is 0.156 e. The second kappa shape index (κ2) is 5.17. The molecule has 1 N–H and O–H groups in total. The largest absolute Gasteiger partial charge is 0.356 e. The summed E-state index contributed by atoms with van der Waals surface area (Å²) in [7, 11) is 4.12. The molecule has 0 amide bonds. The van der Waals surface area contributed by atoms with Gasteiger partial charge in [0.1, 0.15) is 5.52 Å². The zero-order chi connectivity index (χ0) is 13.2. The molecular formula is C14H21N5. The van der Waals surface area contributed by atoms with E-state index in [4.69, 9.17) is 0 Å². The molecule has 5 nitrogen and oxygen atoms in total. The van der Waals surface area contributed by atoms with Gasteiger partial charge in [-0.3, -0.25) is 0 Å². The minimum atomic E-state index is 0.569. The highest BCUT2D eigenvalue weighted by Crippen LogP contribution is 2.22. The Balaban J connectivity index is 1.82. The predicted octanol–water partition coefficient (Wildman–Crippen LogP) is 1.55. The molecule has 19 heavy (non-hydrogen) atoms. The Morgan fingerprint density at radius 2 is 2.32 bits per heavy atom. The number of aromatic nitrogens is 3. The van der Waals surface area contributed by atoms with Crippen LogP contribution in [0.1, 0.15) is 19.3 Å². The number of hydrogen-bond donors (Lipinski definition) is 1. The second-order valence-corrected chi connectivity index (χ2v) is 5.39. The van der Waals surface area contributed by atoms with Crippen LogP contribution in [0.2, 0.25) is 0 Å². The van der Waals surface area contributed by atoms with E-state index in [9.17, 15) is 0 Å². The van der Waals surface area contributed by atoms with Gasteiger partial charge in [0, 0.05) is 32.9 Å². The lowest BCUT2D eigenvalue weighted by atomic mass is 10.0. The second-order valence-electron chi connectivity index (χ2n) is 5.39. The molecule has 2 aromatic rings. The summed E-state index contributed by atoms with van der Waals surface area (Å²) in [5.41, 5.74) is 2.12. The maximum atomic E-state index is 4.51. The molecule has 1 unspecified atom stereocenters. The number of likely N-dealkylation sites (N-methyl/N-ethyl adjacent to an activating group) is 1. The van der Waals surface area contributed by atoms with Crippen LogP contribution in [-0.2, 0) is 7.05 Å². The van der Waals surface area contributed by atoms with Crippen molar-refractivity contribution >= 4 is 16.9 Å². The number of aryl methyl sites for hydroxylation is 1. The summed E-state index contributed by atoms with van der Waals surface area (Å²) >= 11 is 0. The van der Waals surface area contributed by atoms with Gasteiger partial charge in [0.25, 0.3) is 0 Å². The summed E-state index contributed by atoms with van der Waals surface area (Å²) in [6.07, 6.45) is 7.59. The maximum absolute atomic E-state index is 4.51. The molecule has 0 aromatic carbocycles. The third-order valence-electron chi connectivity index (χ3n) is 3.89. The number of pyridine rings is 1. The van der Waals surface area contributed by atoms with Crippen molar-refractivity contribution in [3.63, 3.8) is 0 Å². The number of nitrogens with one attached hydrogen (secondary N) is 1. The summed E-state index contributed by atoms with van der Waals surface area (Å²) in [5.74, 6) is 0.977. The van der Waals surface area contributed by atoms with Gasteiger partial charge >= 0.3 is 0 Å². The number of hydrogen-bond acceptors (Lipinski definition) is 4. The highest BCUT2D eigenvalue weighted by atomic mass is 15.2. The molecule has 0 saturated carbocycles. The smallest absolute Gasteiger partial charge is 0.156 e.